The molecule has 4 heteroatoms. The molecule has 2 aromatic heterocycles. The van der Waals surface area contributed by atoms with Gasteiger partial charge in [-0.25, -0.2) is 0 Å². The predicted octanol–water partition coefficient (Wildman–Crippen LogP) is 1.84. The Morgan fingerprint density at radius 1 is 1.24 bits per heavy atom. The van der Waals surface area contributed by atoms with E-state index in [0.29, 0.717) is 5.75 Å². The minimum atomic E-state index is -0.209. The molecule has 2 rings (SSSR count). The van der Waals surface area contributed by atoms with Crippen molar-refractivity contribution in [2.75, 3.05) is 7.11 Å². The molecule has 0 amide bonds. The molecule has 88 valence electrons. The van der Waals surface area contributed by atoms with Gasteiger partial charge < -0.3 is 10.5 Å². The van der Waals surface area contributed by atoms with Crippen LogP contribution in [0.15, 0.2) is 36.8 Å². The second-order valence-electron chi connectivity index (χ2n) is 3.87. The highest BCUT2D eigenvalue weighted by Gasteiger charge is 2.10. The summed E-state index contributed by atoms with van der Waals surface area (Å²) in [5.41, 5.74) is 9.08. The van der Waals surface area contributed by atoms with Crippen LogP contribution in [0, 0.1) is 6.92 Å². The average molecular weight is 229 g/mol. The highest BCUT2D eigenvalue weighted by atomic mass is 16.5. The fraction of sp³-hybridized carbons (Fsp3) is 0.231. The first-order chi connectivity index (χ1) is 8.20. The summed E-state index contributed by atoms with van der Waals surface area (Å²) < 4.78 is 5.13. The SMILES string of the molecule is COc1cncc(C(N)c2ccnc(C)c2)c1. The molecule has 0 aliphatic rings. The number of aryl methyl sites for hydroxylation is 1. The van der Waals surface area contributed by atoms with Gasteiger partial charge in [0.05, 0.1) is 19.3 Å². The van der Waals surface area contributed by atoms with Crippen LogP contribution in [-0.2, 0) is 0 Å². The smallest absolute Gasteiger partial charge is 0.137 e. The van der Waals surface area contributed by atoms with Gasteiger partial charge in [-0.05, 0) is 36.2 Å². The molecule has 1 unspecified atom stereocenters. The molecule has 0 saturated carbocycles. The lowest BCUT2D eigenvalue weighted by Crippen LogP contribution is -2.12. The summed E-state index contributed by atoms with van der Waals surface area (Å²) in [6.45, 7) is 1.94. The van der Waals surface area contributed by atoms with Gasteiger partial charge in [-0.3, -0.25) is 9.97 Å². The van der Waals surface area contributed by atoms with Crippen LogP contribution in [0.25, 0.3) is 0 Å². The van der Waals surface area contributed by atoms with Crippen LogP contribution in [0.1, 0.15) is 22.9 Å². The van der Waals surface area contributed by atoms with Crippen LogP contribution in [0.3, 0.4) is 0 Å². The summed E-state index contributed by atoms with van der Waals surface area (Å²) in [5, 5.41) is 0. The van der Waals surface area contributed by atoms with E-state index in [4.69, 9.17) is 10.5 Å². The Bertz CT molecular complexity index is 514. The fourth-order valence-electron chi connectivity index (χ4n) is 1.67. The molecule has 0 radical (unpaired) electrons. The Labute approximate surface area is 100 Å². The molecule has 0 saturated heterocycles. The quantitative estimate of drug-likeness (QED) is 0.872. The van der Waals surface area contributed by atoms with Gasteiger partial charge in [0.15, 0.2) is 0 Å². The van der Waals surface area contributed by atoms with Crippen molar-refractivity contribution in [3.63, 3.8) is 0 Å². The third-order valence-corrected chi connectivity index (χ3v) is 2.61. The standard InChI is InChI=1S/C13H15N3O/c1-9-5-10(3-4-16-9)13(14)11-6-12(17-2)8-15-7-11/h3-8,13H,14H2,1-2H3. The molecule has 2 heterocycles. The lowest BCUT2D eigenvalue weighted by atomic mass is 10.0. The van der Waals surface area contributed by atoms with Crippen LogP contribution in [0.4, 0.5) is 0 Å². The van der Waals surface area contributed by atoms with E-state index in [0.717, 1.165) is 16.8 Å². The molecule has 0 aromatic carbocycles. The second-order valence-corrected chi connectivity index (χ2v) is 3.87. The summed E-state index contributed by atoms with van der Waals surface area (Å²) >= 11 is 0. The third-order valence-electron chi connectivity index (χ3n) is 2.61. The largest absolute Gasteiger partial charge is 0.495 e. The highest BCUT2D eigenvalue weighted by Crippen LogP contribution is 2.21. The zero-order valence-electron chi connectivity index (χ0n) is 9.92. The Morgan fingerprint density at radius 3 is 2.76 bits per heavy atom. The monoisotopic (exact) mass is 229 g/mol. The molecule has 17 heavy (non-hydrogen) atoms. The van der Waals surface area contributed by atoms with Crippen LogP contribution < -0.4 is 10.5 Å². The molecule has 1 atom stereocenters. The molecular formula is C13H15N3O. The molecule has 0 aliphatic carbocycles. The number of pyridine rings is 2. The van der Waals surface area contributed by atoms with Gasteiger partial charge in [0, 0.05) is 18.1 Å². The zero-order valence-corrected chi connectivity index (χ0v) is 9.92. The van der Waals surface area contributed by atoms with Crippen molar-refractivity contribution in [2.45, 2.75) is 13.0 Å². The summed E-state index contributed by atoms with van der Waals surface area (Å²) in [7, 11) is 1.61. The lowest BCUT2D eigenvalue weighted by Gasteiger charge is -2.13. The highest BCUT2D eigenvalue weighted by molar-refractivity contribution is 5.33. The fourth-order valence-corrected chi connectivity index (χ4v) is 1.67. The van der Waals surface area contributed by atoms with Gasteiger partial charge in [-0.1, -0.05) is 0 Å². The van der Waals surface area contributed by atoms with Crippen molar-refractivity contribution in [3.05, 3.63) is 53.6 Å². The second kappa shape index (κ2) is 4.93. The molecular weight excluding hydrogens is 214 g/mol. The van der Waals surface area contributed by atoms with Gasteiger partial charge in [0.25, 0.3) is 0 Å². The van der Waals surface area contributed by atoms with E-state index in [1.807, 2.05) is 25.1 Å². The molecule has 2 N–H and O–H groups in total. The van der Waals surface area contributed by atoms with E-state index in [1.54, 1.807) is 25.7 Å². The minimum Gasteiger partial charge on any atom is -0.495 e. The molecule has 4 nitrogen and oxygen atoms in total. The maximum atomic E-state index is 6.19. The molecule has 0 bridgehead atoms. The van der Waals surface area contributed by atoms with Crippen molar-refractivity contribution < 1.29 is 4.74 Å². The average Bonchev–Trinajstić information content (AvgIpc) is 2.38. The number of rotatable bonds is 3. The molecule has 0 spiro atoms. The lowest BCUT2D eigenvalue weighted by molar-refractivity contribution is 0.412. The Kier molecular flexibility index (Phi) is 3.35. The first-order valence-electron chi connectivity index (χ1n) is 5.38. The molecule has 0 aliphatic heterocycles. The van der Waals surface area contributed by atoms with Crippen molar-refractivity contribution in [1.29, 1.82) is 0 Å². The Balaban J connectivity index is 2.33. The Morgan fingerprint density at radius 2 is 2.06 bits per heavy atom. The summed E-state index contributed by atoms with van der Waals surface area (Å²) in [6, 6.07) is 5.58. The minimum absolute atomic E-state index is 0.209. The van der Waals surface area contributed by atoms with Crippen molar-refractivity contribution in [2.24, 2.45) is 5.73 Å². The van der Waals surface area contributed by atoms with E-state index in [9.17, 15) is 0 Å². The first-order valence-corrected chi connectivity index (χ1v) is 5.38. The van der Waals surface area contributed by atoms with Gasteiger partial charge in [0.2, 0.25) is 0 Å². The zero-order chi connectivity index (χ0) is 12.3. The van der Waals surface area contributed by atoms with E-state index in [-0.39, 0.29) is 6.04 Å². The summed E-state index contributed by atoms with van der Waals surface area (Å²) in [6.07, 6.45) is 5.18. The number of methoxy groups -OCH3 is 1. The van der Waals surface area contributed by atoms with E-state index < -0.39 is 0 Å². The first kappa shape index (κ1) is 11.5. The number of nitrogens with two attached hydrogens (primary N) is 1. The molecule has 0 fully saturated rings. The van der Waals surface area contributed by atoms with Gasteiger partial charge in [-0.2, -0.15) is 0 Å². The van der Waals surface area contributed by atoms with Crippen LogP contribution in [0.5, 0.6) is 5.75 Å². The number of nitrogens with zero attached hydrogens (tertiary/aromatic N) is 2. The summed E-state index contributed by atoms with van der Waals surface area (Å²) in [5.74, 6) is 0.712. The maximum absolute atomic E-state index is 6.19. The molecule has 2 aromatic rings. The third kappa shape index (κ3) is 2.60. The van der Waals surface area contributed by atoms with Gasteiger partial charge in [-0.15, -0.1) is 0 Å². The maximum Gasteiger partial charge on any atom is 0.137 e. The van der Waals surface area contributed by atoms with Crippen molar-refractivity contribution in [3.8, 4) is 5.75 Å². The predicted molar refractivity (Wildman–Crippen MR) is 65.8 cm³/mol. The van der Waals surface area contributed by atoms with Crippen LogP contribution in [-0.4, -0.2) is 17.1 Å². The van der Waals surface area contributed by atoms with Gasteiger partial charge in [0.1, 0.15) is 5.75 Å². The van der Waals surface area contributed by atoms with Gasteiger partial charge >= 0.3 is 0 Å². The number of hydrogen-bond acceptors (Lipinski definition) is 4. The van der Waals surface area contributed by atoms with Crippen molar-refractivity contribution in [1.82, 2.24) is 9.97 Å². The van der Waals surface area contributed by atoms with Crippen LogP contribution >= 0.6 is 0 Å². The Hall–Kier alpha value is -1.94. The van der Waals surface area contributed by atoms with E-state index in [1.165, 1.54) is 0 Å². The summed E-state index contributed by atoms with van der Waals surface area (Å²) in [4.78, 5) is 8.26. The topological polar surface area (TPSA) is 61.0 Å². The van der Waals surface area contributed by atoms with E-state index >= 15 is 0 Å². The van der Waals surface area contributed by atoms with Crippen molar-refractivity contribution >= 4 is 0 Å². The number of hydrogen-bond donors (Lipinski definition) is 1. The van der Waals surface area contributed by atoms with Crippen LogP contribution in [0.2, 0.25) is 0 Å². The number of aromatic nitrogens is 2. The van der Waals surface area contributed by atoms with E-state index in [2.05, 4.69) is 9.97 Å². The number of ether oxygens (including phenoxy) is 1. The normalized spacial score (nSPS) is 12.2.